The van der Waals surface area contributed by atoms with E-state index in [2.05, 4.69) is 10.3 Å². The highest BCUT2D eigenvalue weighted by Gasteiger charge is 2.60. The van der Waals surface area contributed by atoms with Gasteiger partial charge in [-0.1, -0.05) is 0 Å². The number of anilines is 1. The number of carbonyl (C=O) groups excluding carboxylic acids is 2. The van der Waals surface area contributed by atoms with Crippen molar-refractivity contribution in [3.63, 3.8) is 0 Å². The molecule has 4 fully saturated rings. The average molecular weight is 467 g/mol. The fourth-order valence-corrected chi connectivity index (χ4v) is 7.38. The lowest BCUT2D eigenvalue weighted by Gasteiger charge is -2.58. The van der Waals surface area contributed by atoms with Crippen LogP contribution in [-0.4, -0.2) is 28.3 Å². The van der Waals surface area contributed by atoms with E-state index >= 15 is 0 Å². The summed E-state index contributed by atoms with van der Waals surface area (Å²) in [5.41, 5.74) is 0.253. The van der Waals surface area contributed by atoms with Crippen molar-refractivity contribution in [3.05, 3.63) is 35.2 Å². The fraction of sp³-hybridized carbons (Fsp3) is 0.500. The van der Waals surface area contributed by atoms with E-state index in [1.54, 1.807) is 5.38 Å². The summed E-state index contributed by atoms with van der Waals surface area (Å²) >= 11 is 7.91. The third-order valence-electron chi connectivity index (χ3n) is 6.72. The summed E-state index contributed by atoms with van der Waals surface area (Å²) in [5.74, 6) is -1.80. The largest absolute Gasteiger partial charge is 0.455 e. The number of amides is 1. The summed E-state index contributed by atoms with van der Waals surface area (Å²) in [4.78, 5) is 29.1. The average Bonchev–Trinajstić information content (AvgIpc) is 3.14. The SMILES string of the molecule is O=C(COC(=O)C12C[C@H]3C[C@@H](CC(Cl)(C3)C1)C2)Nc1nc(-c2ccc(F)c(F)c2)cs1. The number of nitrogens with one attached hydrogen (secondary N) is 1. The molecule has 0 aliphatic heterocycles. The van der Waals surface area contributed by atoms with E-state index in [4.69, 9.17) is 16.3 Å². The molecule has 1 N–H and O–H groups in total. The molecule has 4 saturated carbocycles. The van der Waals surface area contributed by atoms with E-state index in [0.717, 1.165) is 55.6 Å². The van der Waals surface area contributed by atoms with Crippen LogP contribution < -0.4 is 5.32 Å². The maximum Gasteiger partial charge on any atom is 0.312 e. The lowest BCUT2D eigenvalue weighted by Crippen LogP contribution is -2.56. The molecule has 164 valence electrons. The normalized spacial score (nSPS) is 30.9. The number of nitrogens with zero attached hydrogens (tertiary/aromatic N) is 1. The van der Waals surface area contributed by atoms with Gasteiger partial charge in [0.1, 0.15) is 0 Å². The zero-order valence-electron chi connectivity index (χ0n) is 16.6. The number of hydrogen-bond acceptors (Lipinski definition) is 5. The van der Waals surface area contributed by atoms with Crippen molar-refractivity contribution in [1.82, 2.24) is 4.98 Å². The van der Waals surface area contributed by atoms with Crippen molar-refractivity contribution in [1.29, 1.82) is 0 Å². The summed E-state index contributed by atoms with van der Waals surface area (Å²) in [5, 5.41) is 4.51. The number of esters is 1. The summed E-state index contributed by atoms with van der Waals surface area (Å²) in [7, 11) is 0. The van der Waals surface area contributed by atoms with Crippen LogP contribution in [0.3, 0.4) is 0 Å². The molecule has 1 amide bonds. The minimum Gasteiger partial charge on any atom is -0.455 e. The number of aromatic nitrogens is 1. The molecule has 1 aromatic heterocycles. The molecule has 0 unspecified atom stereocenters. The monoisotopic (exact) mass is 466 g/mol. The van der Waals surface area contributed by atoms with E-state index in [1.165, 1.54) is 6.07 Å². The lowest BCUT2D eigenvalue weighted by atomic mass is 9.49. The van der Waals surface area contributed by atoms with E-state index in [1.807, 2.05) is 0 Å². The van der Waals surface area contributed by atoms with Crippen LogP contribution in [0, 0.1) is 28.9 Å². The molecule has 2 aromatic rings. The zero-order valence-corrected chi connectivity index (χ0v) is 18.2. The Morgan fingerprint density at radius 2 is 1.94 bits per heavy atom. The minimum atomic E-state index is -0.966. The van der Waals surface area contributed by atoms with Crippen molar-refractivity contribution < 1.29 is 23.1 Å². The van der Waals surface area contributed by atoms with Gasteiger partial charge in [-0.3, -0.25) is 14.9 Å². The van der Waals surface area contributed by atoms with E-state index in [-0.39, 0.29) is 16.0 Å². The Balaban J connectivity index is 1.19. The molecule has 5 nitrogen and oxygen atoms in total. The van der Waals surface area contributed by atoms with Crippen molar-refractivity contribution in [2.75, 3.05) is 11.9 Å². The topological polar surface area (TPSA) is 68.3 Å². The van der Waals surface area contributed by atoms with E-state index in [0.29, 0.717) is 29.5 Å². The highest BCUT2D eigenvalue weighted by molar-refractivity contribution is 7.14. The van der Waals surface area contributed by atoms with Crippen molar-refractivity contribution in [2.24, 2.45) is 17.3 Å². The maximum atomic E-state index is 13.4. The highest BCUT2D eigenvalue weighted by atomic mass is 35.5. The molecular formula is C22H21ClF2N2O3S. The second kappa shape index (κ2) is 7.52. The first-order chi connectivity index (χ1) is 14.7. The quantitative estimate of drug-likeness (QED) is 0.489. The van der Waals surface area contributed by atoms with Gasteiger partial charge in [0.15, 0.2) is 23.4 Å². The van der Waals surface area contributed by atoms with Gasteiger partial charge in [-0.05, 0) is 68.6 Å². The number of thiazole rings is 1. The summed E-state index contributed by atoms with van der Waals surface area (Å²) < 4.78 is 31.9. The van der Waals surface area contributed by atoms with Crippen LogP contribution in [0.1, 0.15) is 38.5 Å². The Kier molecular flexibility index (Phi) is 5.05. The van der Waals surface area contributed by atoms with Gasteiger partial charge in [0.25, 0.3) is 5.91 Å². The van der Waals surface area contributed by atoms with Crippen LogP contribution in [0.2, 0.25) is 0 Å². The number of alkyl halides is 1. The van der Waals surface area contributed by atoms with Gasteiger partial charge in [0.2, 0.25) is 0 Å². The number of benzene rings is 1. The van der Waals surface area contributed by atoms with E-state index < -0.39 is 29.6 Å². The van der Waals surface area contributed by atoms with Gasteiger partial charge >= 0.3 is 5.97 Å². The predicted octanol–water partition coefficient (Wildman–Crippen LogP) is 5.15. The van der Waals surface area contributed by atoms with Crippen molar-refractivity contribution in [3.8, 4) is 11.3 Å². The van der Waals surface area contributed by atoms with Crippen LogP contribution >= 0.6 is 22.9 Å². The van der Waals surface area contributed by atoms with Crippen LogP contribution in [0.25, 0.3) is 11.3 Å². The second-order valence-electron chi connectivity index (χ2n) is 9.18. The van der Waals surface area contributed by atoms with E-state index in [9.17, 15) is 18.4 Å². The first kappa shape index (κ1) is 20.8. The Morgan fingerprint density at radius 1 is 1.19 bits per heavy atom. The molecule has 4 aliphatic rings. The Hall–Kier alpha value is -2.06. The first-order valence-corrected chi connectivity index (χ1v) is 11.6. The van der Waals surface area contributed by atoms with Crippen molar-refractivity contribution >= 4 is 39.9 Å². The fourth-order valence-electron chi connectivity index (χ4n) is 5.95. The molecule has 2 atom stereocenters. The number of ether oxygens (including phenoxy) is 1. The summed E-state index contributed by atoms with van der Waals surface area (Å²) in [6, 6.07) is 3.49. The van der Waals surface area contributed by atoms with Crippen LogP contribution in [-0.2, 0) is 14.3 Å². The number of halogens is 3. The van der Waals surface area contributed by atoms with Crippen molar-refractivity contribution in [2.45, 2.75) is 43.4 Å². The molecular weight excluding hydrogens is 446 g/mol. The van der Waals surface area contributed by atoms with Crippen LogP contribution in [0.4, 0.5) is 13.9 Å². The molecule has 1 heterocycles. The minimum absolute atomic E-state index is 0.287. The zero-order chi connectivity index (χ0) is 21.8. The molecule has 6 rings (SSSR count). The summed E-state index contributed by atoms with van der Waals surface area (Å²) in [6.07, 6.45) is 5.27. The Bertz CT molecular complexity index is 1050. The molecule has 0 saturated heterocycles. The smallest absolute Gasteiger partial charge is 0.312 e. The first-order valence-electron chi connectivity index (χ1n) is 10.3. The predicted molar refractivity (Wildman–Crippen MR) is 113 cm³/mol. The van der Waals surface area contributed by atoms with Crippen LogP contribution in [0.15, 0.2) is 23.6 Å². The number of hydrogen-bond donors (Lipinski definition) is 1. The highest BCUT2D eigenvalue weighted by Crippen LogP contribution is 2.64. The van der Waals surface area contributed by atoms with Crippen LogP contribution in [0.5, 0.6) is 0 Å². The Labute approximate surface area is 187 Å². The molecule has 9 heteroatoms. The molecule has 31 heavy (non-hydrogen) atoms. The van der Waals surface area contributed by atoms with Gasteiger partial charge in [-0.25, -0.2) is 13.8 Å². The Morgan fingerprint density at radius 3 is 2.61 bits per heavy atom. The van der Waals surface area contributed by atoms with Gasteiger partial charge in [0, 0.05) is 15.8 Å². The van der Waals surface area contributed by atoms with Gasteiger partial charge in [0.05, 0.1) is 11.1 Å². The maximum absolute atomic E-state index is 13.4. The summed E-state index contributed by atoms with van der Waals surface area (Å²) in [6.45, 7) is -0.398. The number of rotatable bonds is 5. The molecule has 1 aromatic carbocycles. The van der Waals surface area contributed by atoms with Gasteiger partial charge in [-0.2, -0.15) is 0 Å². The molecule has 4 bridgehead atoms. The molecule has 0 spiro atoms. The number of carbonyl (C=O) groups is 2. The molecule has 0 radical (unpaired) electrons. The standard InChI is InChI=1S/C22H21ClF2N2O3S/c23-22-7-12-3-13(8-22)6-21(5-12,11-22)19(29)30-9-18(28)27-20-26-17(10-31-20)14-1-2-15(24)16(25)4-14/h1-2,4,10,12-13H,3,5-9,11H2,(H,26,27,28)/t12-,13-,21?,22?/m1/s1. The van der Waals surface area contributed by atoms with Gasteiger partial charge in [-0.15, -0.1) is 22.9 Å². The molecule has 4 aliphatic carbocycles. The second-order valence-corrected chi connectivity index (χ2v) is 10.8. The third kappa shape index (κ3) is 3.96. The van der Waals surface area contributed by atoms with Gasteiger partial charge < -0.3 is 4.74 Å². The third-order valence-corrected chi connectivity index (χ3v) is 7.92. The lowest BCUT2D eigenvalue weighted by molar-refractivity contribution is -0.171.